The molecule has 0 radical (unpaired) electrons. The van der Waals surface area contributed by atoms with E-state index in [0.717, 1.165) is 16.9 Å². The molecule has 0 saturated heterocycles. The van der Waals surface area contributed by atoms with E-state index in [1.807, 2.05) is 30.3 Å². The number of rotatable bonds is 7. The molecule has 2 aromatic carbocycles. The molecular formula is C18H18N2O3S. The highest BCUT2D eigenvalue weighted by molar-refractivity contribution is 7.10. The lowest BCUT2D eigenvalue weighted by atomic mass is 10.2. The maximum atomic E-state index is 12.0. The van der Waals surface area contributed by atoms with Crippen molar-refractivity contribution >= 4 is 11.5 Å². The summed E-state index contributed by atoms with van der Waals surface area (Å²) in [4.78, 5) is 12.9. The molecule has 2 N–H and O–H groups in total. The summed E-state index contributed by atoms with van der Waals surface area (Å²) < 4.78 is 7.08. The smallest absolute Gasteiger partial charge is 0.280 e. The lowest BCUT2D eigenvalue weighted by molar-refractivity contribution is 0.312. The Morgan fingerprint density at radius 3 is 2.71 bits per heavy atom. The summed E-state index contributed by atoms with van der Waals surface area (Å²) in [5, 5.41) is 9.36. The van der Waals surface area contributed by atoms with Crippen LogP contribution in [-0.2, 0) is 0 Å². The van der Waals surface area contributed by atoms with Gasteiger partial charge in [-0.2, -0.15) is 4.07 Å². The normalized spacial score (nSPS) is 10.5. The standard InChI is InChI=1S/C18H18N2O3S/c21-15-8-4-9-16(12-15)23-11-5-10-19-20-18(22)13-17(24-20)14-6-2-1-3-7-14/h1-4,6-9,12-13,19,21H,5,10-11H2. The number of aromatic nitrogens is 1. The summed E-state index contributed by atoms with van der Waals surface area (Å²) >= 11 is 1.39. The summed E-state index contributed by atoms with van der Waals surface area (Å²) in [5.74, 6) is 0.818. The van der Waals surface area contributed by atoms with Gasteiger partial charge >= 0.3 is 0 Å². The SMILES string of the molecule is O=c1cc(-c2ccccc2)sn1NCCCOc1cccc(O)c1. The first-order chi connectivity index (χ1) is 11.7. The summed E-state index contributed by atoms with van der Waals surface area (Å²) in [6, 6.07) is 18.2. The van der Waals surface area contributed by atoms with Crippen molar-refractivity contribution in [1.29, 1.82) is 0 Å². The molecule has 3 rings (SSSR count). The number of hydrogen-bond acceptors (Lipinski definition) is 5. The van der Waals surface area contributed by atoms with Gasteiger partial charge in [0.15, 0.2) is 0 Å². The van der Waals surface area contributed by atoms with Gasteiger partial charge in [0.25, 0.3) is 5.56 Å². The van der Waals surface area contributed by atoms with Crippen LogP contribution in [0.2, 0.25) is 0 Å². The third-order valence-electron chi connectivity index (χ3n) is 3.37. The number of hydrogen-bond donors (Lipinski definition) is 2. The fourth-order valence-electron chi connectivity index (χ4n) is 2.21. The van der Waals surface area contributed by atoms with E-state index in [1.165, 1.54) is 15.6 Å². The number of benzene rings is 2. The van der Waals surface area contributed by atoms with E-state index in [1.54, 1.807) is 30.3 Å². The molecule has 24 heavy (non-hydrogen) atoms. The van der Waals surface area contributed by atoms with E-state index in [9.17, 15) is 9.90 Å². The molecule has 0 saturated carbocycles. The van der Waals surface area contributed by atoms with Crippen LogP contribution in [0.4, 0.5) is 0 Å². The van der Waals surface area contributed by atoms with Crippen LogP contribution < -0.4 is 15.7 Å². The van der Waals surface area contributed by atoms with Crippen LogP contribution in [0.3, 0.4) is 0 Å². The van der Waals surface area contributed by atoms with E-state index < -0.39 is 0 Å². The van der Waals surface area contributed by atoms with Crippen molar-refractivity contribution in [2.45, 2.75) is 6.42 Å². The molecular weight excluding hydrogens is 324 g/mol. The van der Waals surface area contributed by atoms with Crippen LogP contribution in [0.15, 0.2) is 65.5 Å². The number of nitrogens with one attached hydrogen (secondary N) is 1. The molecule has 5 nitrogen and oxygen atoms in total. The van der Waals surface area contributed by atoms with Crippen molar-refractivity contribution < 1.29 is 9.84 Å². The summed E-state index contributed by atoms with van der Waals surface area (Å²) in [7, 11) is 0. The van der Waals surface area contributed by atoms with Gasteiger partial charge in [0.05, 0.1) is 11.5 Å². The van der Waals surface area contributed by atoms with E-state index in [0.29, 0.717) is 18.9 Å². The zero-order valence-corrected chi connectivity index (χ0v) is 13.8. The van der Waals surface area contributed by atoms with Gasteiger partial charge in [0.1, 0.15) is 11.5 Å². The van der Waals surface area contributed by atoms with E-state index in [2.05, 4.69) is 5.43 Å². The number of phenols is 1. The van der Waals surface area contributed by atoms with Crippen molar-refractivity contribution in [1.82, 2.24) is 4.07 Å². The van der Waals surface area contributed by atoms with Gasteiger partial charge in [-0.3, -0.25) is 4.79 Å². The van der Waals surface area contributed by atoms with Gasteiger partial charge in [-0.15, -0.1) is 0 Å². The third kappa shape index (κ3) is 4.17. The van der Waals surface area contributed by atoms with Crippen LogP contribution in [0, 0.1) is 0 Å². The molecule has 6 heteroatoms. The van der Waals surface area contributed by atoms with Crippen LogP contribution in [0.1, 0.15) is 6.42 Å². The topological polar surface area (TPSA) is 63.5 Å². The van der Waals surface area contributed by atoms with Crippen LogP contribution >= 0.6 is 11.5 Å². The van der Waals surface area contributed by atoms with E-state index in [-0.39, 0.29) is 11.3 Å². The molecule has 0 bridgehead atoms. The second-order valence-electron chi connectivity index (χ2n) is 5.21. The highest BCUT2D eigenvalue weighted by Crippen LogP contribution is 2.21. The number of phenolic OH excluding ortho intramolecular Hbond substituents is 1. The highest BCUT2D eigenvalue weighted by atomic mass is 32.1. The zero-order valence-electron chi connectivity index (χ0n) is 13.0. The first-order valence-electron chi connectivity index (χ1n) is 7.67. The number of aromatic hydroxyl groups is 1. The molecule has 1 aromatic heterocycles. The molecule has 0 amide bonds. The van der Waals surface area contributed by atoms with Crippen molar-refractivity contribution in [3.8, 4) is 21.9 Å². The quantitative estimate of drug-likeness (QED) is 0.647. The van der Waals surface area contributed by atoms with Crippen molar-refractivity contribution in [3.63, 3.8) is 0 Å². The van der Waals surface area contributed by atoms with Crippen LogP contribution in [0.5, 0.6) is 11.5 Å². The molecule has 0 unspecified atom stereocenters. The lowest BCUT2D eigenvalue weighted by Crippen LogP contribution is -2.24. The van der Waals surface area contributed by atoms with Crippen molar-refractivity contribution in [3.05, 3.63) is 71.0 Å². The van der Waals surface area contributed by atoms with Crippen molar-refractivity contribution in [2.75, 3.05) is 18.6 Å². The maximum absolute atomic E-state index is 12.0. The first kappa shape index (κ1) is 16.1. The largest absolute Gasteiger partial charge is 0.508 e. The van der Waals surface area contributed by atoms with E-state index in [4.69, 9.17) is 4.74 Å². The minimum Gasteiger partial charge on any atom is -0.508 e. The summed E-state index contributed by atoms with van der Waals surface area (Å²) in [6.45, 7) is 1.12. The highest BCUT2D eigenvalue weighted by Gasteiger charge is 2.05. The molecule has 0 aliphatic heterocycles. The lowest BCUT2D eigenvalue weighted by Gasteiger charge is -2.08. The third-order valence-corrected chi connectivity index (χ3v) is 4.41. The van der Waals surface area contributed by atoms with Gasteiger partial charge in [-0.05, 0) is 29.2 Å². The Morgan fingerprint density at radius 2 is 1.92 bits per heavy atom. The van der Waals surface area contributed by atoms with Crippen molar-refractivity contribution in [2.24, 2.45) is 0 Å². The molecule has 124 valence electrons. The maximum Gasteiger partial charge on any atom is 0.280 e. The average molecular weight is 342 g/mol. The van der Waals surface area contributed by atoms with Crippen LogP contribution in [-0.4, -0.2) is 22.3 Å². The minimum atomic E-state index is -0.0623. The zero-order chi connectivity index (χ0) is 16.8. The molecule has 3 aromatic rings. The first-order valence-corrected chi connectivity index (χ1v) is 8.44. The number of ether oxygens (including phenoxy) is 1. The van der Waals surface area contributed by atoms with Gasteiger partial charge in [-0.1, -0.05) is 36.4 Å². The predicted octanol–water partition coefficient (Wildman–Crippen LogP) is 3.30. The Kier molecular flexibility index (Phi) is 5.18. The molecule has 0 aliphatic rings. The Balaban J connectivity index is 1.49. The van der Waals surface area contributed by atoms with E-state index >= 15 is 0 Å². The number of nitrogens with zero attached hydrogens (tertiary/aromatic N) is 1. The average Bonchev–Trinajstić information content (AvgIpc) is 2.96. The van der Waals surface area contributed by atoms with Crippen LogP contribution in [0.25, 0.3) is 10.4 Å². The Hall–Kier alpha value is -2.73. The Morgan fingerprint density at radius 1 is 1.08 bits per heavy atom. The monoisotopic (exact) mass is 342 g/mol. The van der Waals surface area contributed by atoms with Gasteiger partial charge in [0.2, 0.25) is 0 Å². The summed E-state index contributed by atoms with van der Waals surface area (Å²) in [5.41, 5.74) is 4.07. The Bertz CT molecular complexity index is 843. The predicted molar refractivity (Wildman–Crippen MR) is 96.5 cm³/mol. The fourth-order valence-corrected chi connectivity index (χ4v) is 3.10. The molecule has 0 fully saturated rings. The minimum absolute atomic E-state index is 0.0623. The van der Waals surface area contributed by atoms with Gasteiger partial charge < -0.3 is 15.3 Å². The second kappa shape index (κ2) is 7.70. The molecule has 0 atom stereocenters. The fraction of sp³-hybridized carbons (Fsp3) is 0.167. The van der Waals surface area contributed by atoms with Gasteiger partial charge in [0, 0.05) is 25.1 Å². The molecule has 1 heterocycles. The Labute approximate surface area is 143 Å². The van der Waals surface area contributed by atoms with Gasteiger partial charge in [-0.25, -0.2) is 0 Å². The molecule has 0 aliphatic carbocycles. The molecule has 0 spiro atoms. The second-order valence-corrected chi connectivity index (χ2v) is 6.19. The summed E-state index contributed by atoms with van der Waals surface area (Å²) in [6.07, 6.45) is 0.737.